The number of ketones is 1. The molecule has 0 fully saturated rings. The van der Waals surface area contributed by atoms with E-state index in [4.69, 9.17) is 15.2 Å². The molecule has 3 N–H and O–H groups in total. The topological polar surface area (TPSA) is 125 Å². The van der Waals surface area contributed by atoms with E-state index in [1.165, 1.54) is 19.2 Å². The number of amides is 1. The van der Waals surface area contributed by atoms with Gasteiger partial charge in [0.1, 0.15) is 46.1 Å². The summed E-state index contributed by atoms with van der Waals surface area (Å²) in [6.45, 7) is 5.28. The number of benzene rings is 2. The first-order chi connectivity index (χ1) is 19.5. The normalized spacial score (nSPS) is 17.5. The molecule has 9 heteroatoms. The van der Waals surface area contributed by atoms with Crippen molar-refractivity contribution in [3.05, 3.63) is 82.9 Å². The number of aryl methyl sites for hydroxylation is 1. The number of rotatable bonds is 9. The highest BCUT2D eigenvalue weighted by molar-refractivity contribution is 6.01. The van der Waals surface area contributed by atoms with E-state index in [9.17, 15) is 19.1 Å². The van der Waals surface area contributed by atoms with Crippen LogP contribution in [0.4, 0.5) is 4.39 Å². The van der Waals surface area contributed by atoms with Crippen molar-refractivity contribution in [1.29, 1.82) is 0 Å². The second-order valence-corrected chi connectivity index (χ2v) is 10.9. The molecule has 0 saturated carbocycles. The largest absolute Gasteiger partial charge is 0.494 e. The van der Waals surface area contributed by atoms with Gasteiger partial charge in [0.15, 0.2) is 5.78 Å². The van der Waals surface area contributed by atoms with Crippen LogP contribution >= 0.6 is 0 Å². The summed E-state index contributed by atoms with van der Waals surface area (Å²) in [5.41, 5.74) is 6.83. The van der Waals surface area contributed by atoms with Gasteiger partial charge in [-0.25, -0.2) is 9.37 Å². The maximum atomic E-state index is 13.7. The Balaban J connectivity index is 1.49. The fraction of sp³-hybridized carbons (Fsp3) is 0.312. The smallest absolute Gasteiger partial charge is 0.231 e. The predicted octanol–water partition coefficient (Wildman–Crippen LogP) is 5.01. The number of Topliss-reactive ketones (excluding diaryl/α,β-unsaturated/α-hetero) is 1. The highest BCUT2D eigenvalue weighted by Crippen LogP contribution is 2.46. The zero-order valence-corrected chi connectivity index (χ0v) is 23.5. The Morgan fingerprint density at radius 2 is 1.93 bits per heavy atom. The number of hydrogen-bond acceptors (Lipinski definition) is 7. The Hall–Kier alpha value is -4.37. The summed E-state index contributed by atoms with van der Waals surface area (Å²) in [6, 6.07) is 12.7. The molecule has 0 saturated heterocycles. The zero-order chi connectivity index (χ0) is 29.5. The van der Waals surface area contributed by atoms with Crippen molar-refractivity contribution in [2.75, 3.05) is 13.7 Å². The average Bonchev–Trinajstić information content (AvgIpc) is 3.32. The first-order valence-corrected chi connectivity index (χ1v) is 13.4. The third-order valence-electron chi connectivity index (χ3n) is 7.88. The summed E-state index contributed by atoms with van der Waals surface area (Å²) >= 11 is 0. The maximum Gasteiger partial charge on any atom is 0.231 e. The molecule has 0 radical (unpaired) electrons. The zero-order valence-electron chi connectivity index (χ0n) is 23.5. The van der Waals surface area contributed by atoms with Gasteiger partial charge in [-0.3, -0.25) is 14.6 Å². The summed E-state index contributed by atoms with van der Waals surface area (Å²) in [5.74, 6) is -0.328. The summed E-state index contributed by atoms with van der Waals surface area (Å²) < 4.78 is 25.0. The summed E-state index contributed by atoms with van der Waals surface area (Å²) in [6.07, 6.45) is 2.65. The number of carbonyl (C=O) groups is 2. The quantitative estimate of drug-likeness (QED) is 0.277. The standard InChI is InChI=1S/C32H32FN3O5/c1-5-18-12-21-13-20(14-25(40-4)27(21)35-16-18)24(37)10-11-32(3,39)26-15-23-29(41-17-31(23,2)30(34)38)28(36-26)19-6-8-22(33)9-7-19/h6-9,12-16,39H,5,10-11,17H2,1-4H3,(H2,34,38)/t31-,32-/m0/s1. The van der Waals surface area contributed by atoms with E-state index in [0.29, 0.717) is 39.4 Å². The SMILES string of the molecule is CCc1cnc2c(OC)cc(C(=O)CC[C@](C)(O)c3cc4c(c(-c5ccc(F)cc5)n3)OC[C@]4(C)C(N)=O)cc2c1. The van der Waals surface area contributed by atoms with Crippen molar-refractivity contribution < 1.29 is 28.6 Å². The molecule has 5 rings (SSSR count). The molecule has 212 valence electrons. The molecule has 2 aromatic carbocycles. The van der Waals surface area contributed by atoms with E-state index >= 15 is 0 Å². The minimum Gasteiger partial charge on any atom is -0.494 e. The number of ether oxygens (including phenoxy) is 2. The lowest BCUT2D eigenvalue weighted by Gasteiger charge is -2.26. The lowest BCUT2D eigenvalue weighted by molar-refractivity contribution is -0.123. The third-order valence-corrected chi connectivity index (χ3v) is 7.88. The van der Waals surface area contributed by atoms with Gasteiger partial charge in [0.05, 0.1) is 12.8 Å². The minimum absolute atomic E-state index is 0.00994. The number of fused-ring (bicyclic) bond motifs is 2. The van der Waals surface area contributed by atoms with Gasteiger partial charge in [-0.15, -0.1) is 0 Å². The molecule has 2 atom stereocenters. The number of methoxy groups -OCH3 is 1. The molecule has 8 nitrogen and oxygen atoms in total. The van der Waals surface area contributed by atoms with E-state index < -0.39 is 22.7 Å². The lowest BCUT2D eigenvalue weighted by atomic mass is 9.81. The third kappa shape index (κ3) is 5.13. The van der Waals surface area contributed by atoms with Gasteiger partial charge in [-0.1, -0.05) is 6.92 Å². The minimum atomic E-state index is -1.56. The number of aromatic nitrogens is 2. The molecule has 1 aliphatic rings. The van der Waals surface area contributed by atoms with Crippen LogP contribution < -0.4 is 15.2 Å². The van der Waals surface area contributed by atoms with Gasteiger partial charge in [0.2, 0.25) is 5.91 Å². The van der Waals surface area contributed by atoms with Crippen LogP contribution in [0.3, 0.4) is 0 Å². The van der Waals surface area contributed by atoms with Crippen LogP contribution in [0.1, 0.15) is 60.8 Å². The number of primary amides is 1. The van der Waals surface area contributed by atoms with Gasteiger partial charge in [0.25, 0.3) is 0 Å². The summed E-state index contributed by atoms with van der Waals surface area (Å²) in [4.78, 5) is 35.0. The number of nitrogens with zero attached hydrogens (tertiary/aromatic N) is 2. The van der Waals surface area contributed by atoms with Crippen LogP contribution in [0.25, 0.3) is 22.2 Å². The van der Waals surface area contributed by atoms with Crippen LogP contribution in [0, 0.1) is 5.82 Å². The van der Waals surface area contributed by atoms with Crippen molar-refractivity contribution in [2.45, 2.75) is 51.0 Å². The van der Waals surface area contributed by atoms with Crippen molar-refractivity contribution in [3.8, 4) is 22.8 Å². The number of carbonyl (C=O) groups excluding carboxylic acids is 2. The Kier molecular flexibility index (Phi) is 7.25. The van der Waals surface area contributed by atoms with Crippen LogP contribution in [0.5, 0.6) is 11.5 Å². The van der Waals surface area contributed by atoms with Crippen LogP contribution in [-0.2, 0) is 22.2 Å². The summed E-state index contributed by atoms with van der Waals surface area (Å²) in [7, 11) is 1.53. The molecule has 2 aromatic heterocycles. The molecule has 3 heterocycles. The Morgan fingerprint density at radius 1 is 1.20 bits per heavy atom. The molecule has 0 bridgehead atoms. The number of nitrogens with two attached hydrogens (primary N) is 1. The number of hydrogen-bond donors (Lipinski definition) is 2. The first-order valence-electron chi connectivity index (χ1n) is 13.4. The average molecular weight is 558 g/mol. The number of halogens is 1. The fourth-order valence-corrected chi connectivity index (χ4v) is 5.07. The molecule has 0 spiro atoms. The first kappa shape index (κ1) is 28.2. The Morgan fingerprint density at radius 3 is 2.59 bits per heavy atom. The Bertz CT molecular complexity index is 1670. The van der Waals surface area contributed by atoms with Crippen LogP contribution in [0.2, 0.25) is 0 Å². The molecule has 41 heavy (non-hydrogen) atoms. The second kappa shape index (κ2) is 10.6. The number of aliphatic hydroxyl groups is 1. The van der Waals surface area contributed by atoms with Gasteiger partial charge in [0, 0.05) is 34.7 Å². The van der Waals surface area contributed by atoms with E-state index in [1.807, 2.05) is 13.0 Å². The van der Waals surface area contributed by atoms with Gasteiger partial charge in [-0.05, 0) is 80.8 Å². The monoisotopic (exact) mass is 557 g/mol. The molecule has 4 aromatic rings. The lowest BCUT2D eigenvalue weighted by Crippen LogP contribution is -2.40. The van der Waals surface area contributed by atoms with Crippen molar-refractivity contribution in [3.63, 3.8) is 0 Å². The van der Waals surface area contributed by atoms with E-state index in [2.05, 4.69) is 9.97 Å². The van der Waals surface area contributed by atoms with Crippen LogP contribution in [-0.4, -0.2) is 40.5 Å². The molecule has 0 aliphatic carbocycles. The predicted molar refractivity (Wildman–Crippen MR) is 152 cm³/mol. The molecule has 1 amide bonds. The van der Waals surface area contributed by atoms with Crippen molar-refractivity contribution in [2.24, 2.45) is 5.73 Å². The van der Waals surface area contributed by atoms with Crippen molar-refractivity contribution >= 4 is 22.6 Å². The fourth-order valence-electron chi connectivity index (χ4n) is 5.07. The molecular formula is C32H32FN3O5. The van der Waals surface area contributed by atoms with Gasteiger partial charge in [-0.2, -0.15) is 0 Å². The summed E-state index contributed by atoms with van der Waals surface area (Å²) in [5, 5.41) is 12.4. The number of pyridine rings is 2. The van der Waals surface area contributed by atoms with Gasteiger partial charge >= 0.3 is 0 Å². The molecule has 0 unspecified atom stereocenters. The van der Waals surface area contributed by atoms with E-state index in [-0.39, 0.29) is 30.9 Å². The van der Waals surface area contributed by atoms with E-state index in [1.54, 1.807) is 50.4 Å². The van der Waals surface area contributed by atoms with Crippen molar-refractivity contribution in [1.82, 2.24) is 9.97 Å². The second-order valence-electron chi connectivity index (χ2n) is 10.9. The molecule has 1 aliphatic heterocycles. The highest BCUT2D eigenvalue weighted by atomic mass is 19.1. The van der Waals surface area contributed by atoms with Crippen LogP contribution in [0.15, 0.2) is 54.7 Å². The van der Waals surface area contributed by atoms with Gasteiger partial charge < -0.3 is 20.3 Å². The Labute approximate surface area is 237 Å². The maximum absolute atomic E-state index is 13.7. The highest BCUT2D eigenvalue weighted by Gasteiger charge is 2.45. The molecular weight excluding hydrogens is 525 g/mol. The van der Waals surface area contributed by atoms with E-state index in [0.717, 1.165) is 17.4 Å².